The Kier molecular flexibility index (Phi) is 4.10. The van der Waals surface area contributed by atoms with Crippen molar-refractivity contribution >= 4 is 17.7 Å². The van der Waals surface area contributed by atoms with E-state index in [4.69, 9.17) is 10.5 Å². The minimum absolute atomic E-state index is 0.288. The van der Waals surface area contributed by atoms with Crippen LogP contribution in [0.5, 0.6) is 5.88 Å². The van der Waals surface area contributed by atoms with Crippen LogP contribution in [-0.2, 0) is 0 Å². The normalized spacial score (nSPS) is 24.6. The Balaban J connectivity index is 2.04. The first kappa shape index (κ1) is 12.5. The lowest BCUT2D eigenvalue weighted by Gasteiger charge is -2.25. The lowest BCUT2D eigenvalue weighted by atomic mass is 9.91. The van der Waals surface area contributed by atoms with Gasteiger partial charge >= 0.3 is 0 Å². The van der Waals surface area contributed by atoms with Crippen LogP contribution in [0.25, 0.3) is 0 Å². The second-order valence-corrected chi connectivity index (χ2v) is 5.94. The van der Waals surface area contributed by atoms with E-state index in [0.717, 1.165) is 10.9 Å². The molecule has 2 rings (SSSR count). The van der Waals surface area contributed by atoms with Gasteiger partial charge in [-0.1, -0.05) is 19.8 Å². The quantitative estimate of drug-likeness (QED) is 0.839. The first-order valence-corrected chi connectivity index (χ1v) is 6.90. The number of aromatic nitrogens is 2. The second-order valence-electron chi connectivity index (χ2n) is 4.62. The number of anilines is 1. The molecule has 1 aromatic heterocycles. The van der Waals surface area contributed by atoms with E-state index in [-0.39, 0.29) is 5.95 Å². The highest BCUT2D eigenvalue weighted by atomic mass is 32.2. The Morgan fingerprint density at radius 3 is 2.94 bits per heavy atom. The van der Waals surface area contributed by atoms with E-state index in [1.54, 1.807) is 18.9 Å². The topological polar surface area (TPSA) is 61.0 Å². The standard InChI is InChI=1S/C12H19N3OS/c1-8-4-3-5-9(6-8)17-11-7-10(16-2)14-12(13)15-11/h7-9H,3-6H2,1-2H3,(H2,13,14,15). The van der Waals surface area contributed by atoms with Crippen molar-refractivity contribution < 1.29 is 4.74 Å². The van der Waals surface area contributed by atoms with E-state index in [2.05, 4.69) is 16.9 Å². The first-order chi connectivity index (χ1) is 8.17. The summed E-state index contributed by atoms with van der Waals surface area (Å²) >= 11 is 1.80. The number of ether oxygens (including phenoxy) is 1. The van der Waals surface area contributed by atoms with Crippen molar-refractivity contribution in [3.63, 3.8) is 0 Å². The highest BCUT2D eigenvalue weighted by molar-refractivity contribution is 7.99. The van der Waals surface area contributed by atoms with Crippen molar-refractivity contribution in [2.45, 2.75) is 42.9 Å². The largest absolute Gasteiger partial charge is 0.481 e. The third-order valence-electron chi connectivity index (χ3n) is 3.08. The highest BCUT2D eigenvalue weighted by Gasteiger charge is 2.20. The maximum Gasteiger partial charge on any atom is 0.224 e. The smallest absolute Gasteiger partial charge is 0.224 e. The molecule has 1 fully saturated rings. The van der Waals surface area contributed by atoms with Crippen LogP contribution in [0.3, 0.4) is 0 Å². The molecule has 1 aliphatic rings. The van der Waals surface area contributed by atoms with Crippen LogP contribution >= 0.6 is 11.8 Å². The molecule has 94 valence electrons. The van der Waals surface area contributed by atoms with E-state index < -0.39 is 0 Å². The van der Waals surface area contributed by atoms with Crippen LogP contribution < -0.4 is 10.5 Å². The summed E-state index contributed by atoms with van der Waals surface area (Å²) in [7, 11) is 1.60. The summed E-state index contributed by atoms with van der Waals surface area (Å²) in [5.74, 6) is 1.65. The Hall–Kier alpha value is -0.970. The molecule has 1 aromatic rings. The average Bonchev–Trinajstić information content (AvgIpc) is 2.28. The lowest BCUT2D eigenvalue weighted by molar-refractivity contribution is 0.392. The summed E-state index contributed by atoms with van der Waals surface area (Å²) < 4.78 is 5.10. The van der Waals surface area contributed by atoms with Crippen molar-refractivity contribution in [3.8, 4) is 5.88 Å². The van der Waals surface area contributed by atoms with Crippen LogP contribution in [-0.4, -0.2) is 22.3 Å². The van der Waals surface area contributed by atoms with Crippen LogP contribution in [0.4, 0.5) is 5.95 Å². The van der Waals surface area contributed by atoms with Crippen LogP contribution in [0, 0.1) is 5.92 Å². The zero-order valence-electron chi connectivity index (χ0n) is 10.3. The van der Waals surface area contributed by atoms with Crippen LogP contribution in [0.2, 0.25) is 0 Å². The molecule has 17 heavy (non-hydrogen) atoms. The SMILES string of the molecule is COc1cc(SC2CCCC(C)C2)nc(N)n1. The van der Waals surface area contributed by atoms with E-state index in [1.807, 2.05) is 6.07 Å². The summed E-state index contributed by atoms with van der Waals surface area (Å²) in [5, 5.41) is 1.58. The number of hydrogen-bond donors (Lipinski definition) is 1. The van der Waals surface area contributed by atoms with Crippen molar-refractivity contribution in [3.05, 3.63) is 6.07 Å². The Morgan fingerprint density at radius 2 is 2.24 bits per heavy atom. The zero-order valence-corrected chi connectivity index (χ0v) is 11.2. The minimum atomic E-state index is 0.288. The lowest BCUT2D eigenvalue weighted by Crippen LogP contribution is -2.15. The molecule has 0 amide bonds. The number of thioether (sulfide) groups is 1. The van der Waals surface area contributed by atoms with E-state index in [0.29, 0.717) is 11.1 Å². The maximum atomic E-state index is 5.65. The number of hydrogen-bond acceptors (Lipinski definition) is 5. The predicted molar refractivity (Wildman–Crippen MR) is 70.3 cm³/mol. The van der Waals surface area contributed by atoms with Crippen molar-refractivity contribution in [1.82, 2.24) is 9.97 Å². The van der Waals surface area contributed by atoms with Gasteiger partial charge in [-0.2, -0.15) is 4.98 Å². The molecule has 5 heteroatoms. The van der Waals surface area contributed by atoms with Gasteiger partial charge in [0.15, 0.2) is 0 Å². The fraction of sp³-hybridized carbons (Fsp3) is 0.667. The van der Waals surface area contributed by atoms with Gasteiger partial charge in [-0.25, -0.2) is 4.98 Å². The molecule has 0 radical (unpaired) electrons. The first-order valence-electron chi connectivity index (χ1n) is 6.02. The van der Waals surface area contributed by atoms with Gasteiger partial charge in [-0.3, -0.25) is 0 Å². The molecular weight excluding hydrogens is 234 g/mol. The number of methoxy groups -OCH3 is 1. The highest BCUT2D eigenvalue weighted by Crippen LogP contribution is 2.36. The van der Waals surface area contributed by atoms with Gasteiger partial charge in [0.2, 0.25) is 11.8 Å². The fourth-order valence-electron chi connectivity index (χ4n) is 2.24. The summed E-state index contributed by atoms with van der Waals surface area (Å²) in [5.41, 5.74) is 5.65. The maximum absolute atomic E-state index is 5.65. The molecule has 1 heterocycles. The van der Waals surface area contributed by atoms with Crippen molar-refractivity contribution in [2.75, 3.05) is 12.8 Å². The molecule has 2 atom stereocenters. The molecule has 1 aliphatic carbocycles. The summed E-state index contributed by atoms with van der Waals surface area (Å²) in [6.07, 6.45) is 5.20. The molecule has 0 bridgehead atoms. The number of rotatable bonds is 3. The summed E-state index contributed by atoms with van der Waals surface area (Å²) in [4.78, 5) is 8.24. The Labute approximate surface area is 106 Å². The zero-order chi connectivity index (χ0) is 12.3. The molecule has 1 saturated carbocycles. The molecule has 0 spiro atoms. The molecule has 4 nitrogen and oxygen atoms in total. The van der Waals surface area contributed by atoms with Gasteiger partial charge in [0.1, 0.15) is 5.03 Å². The number of nitrogens with two attached hydrogens (primary N) is 1. The van der Waals surface area contributed by atoms with Gasteiger partial charge in [0.05, 0.1) is 7.11 Å². The summed E-state index contributed by atoms with van der Waals surface area (Å²) in [6.45, 7) is 2.32. The number of nitrogens with zero attached hydrogens (tertiary/aromatic N) is 2. The van der Waals surface area contributed by atoms with E-state index in [9.17, 15) is 0 Å². The molecule has 0 aliphatic heterocycles. The Bertz CT molecular complexity index is 386. The molecule has 0 aromatic carbocycles. The van der Waals surface area contributed by atoms with Gasteiger partial charge in [0, 0.05) is 11.3 Å². The molecule has 2 N–H and O–H groups in total. The number of nitrogen functional groups attached to an aromatic ring is 1. The van der Waals surface area contributed by atoms with Crippen LogP contribution in [0.1, 0.15) is 32.6 Å². The second kappa shape index (κ2) is 5.58. The van der Waals surface area contributed by atoms with Gasteiger partial charge in [0.25, 0.3) is 0 Å². The van der Waals surface area contributed by atoms with Crippen LogP contribution in [0.15, 0.2) is 11.1 Å². The fourth-order valence-corrected chi connectivity index (χ4v) is 3.61. The summed E-state index contributed by atoms with van der Waals surface area (Å²) in [6, 6.07) is 1.86. The third-order valence-corrected chi connectivity index (χ3v) is 4.29. The monoisotopic (exact) mass is 253 g/mol. The predicted octanol–water partition coefficient (Wildman–Crippen LogP) is 2.74. The molecule has 2 unspecified atom stereocenters. The van der Waals surface area contributed by atoms with E-state index in [1.165, 1.54) is 25.7 Å². The van der Waals surface area contributed by atoms with Gasteiger partial charge < -0.3 is 10.5 Å². The van der Waals surface area contributed by atoms with Gasteiger partial charge in [-0.05, 0) is 18.8 Å². The minimum Gasteiger partial charge on any atom is -0.481 e. The van der Waals surface area contributed by atoms with Gasteiger partial charge in [-0.15, -0.1) is 11.8 Å². The molecule has 0 saturated heterocycles. The van der Waals surface area contributed by atoms with Crippen molar-refractivity contribution in [2.24, 2.45) is 5.92 Å². The Morgan fingerprint density at radius 1 is 1.41 bits per heavy atom. The molecular formula is C12H19N3OS. The average molecular weight is 253 g/mol. The third kappa shape index (κ3) is 3.49. The van der Waals surface area contributed by atoms with E-state index >= 15 is 0 Å². The van der Waals surface area contributed by atoms with Crippen molar-refractivity contribution in [1.29, 1.82) is 0 Å².